The maximum absolute atomic E-state index is 12.5. The number of aromatic nitrogens is 2. The zero-order valence-corrected chi connectivity index (χ0v) is 13.1. The normalized spacial score (nSPS) is 10.3. The van der Waals surface area contributed by atoms with Crippen molar-refractivity contribution < 1.29 is 4.79 Å². The summed E-state index contributed by atoms with van der Waals surface area (Å²) in [4.78, 5) is 22.8. The summed E-state index contributed by atoms with van der Waals surface area (Å²) in [5, 5.41) is 0. The fraction of sp³-hybridized carbons (Fsp3) is 0.267. The maximum atomic E-state index is 12.5. The summed E-state index contributed by atoms with van der Waals surface area (Å²) >= 11 is 3.37. The molecule has 5 heteroatoms. The quantitative estimate of drug-likeness (QED) is 0.863. The molecule has 2 aromatic rings. The fourth-order valence-electron chi connectivity index (χ4n) is 1.90. The second kappa shape index (κ2) is 6.61. The van der Waals surface area contributed by atoms with E-state index in [9.17, 15) is 4.79 Å². The number of rotatable bonds is 4. The number of aryl methyl sites for hydroxylation is 1. The zero-order valence-electron chi connectivity index (χ0n) is 11.5. The van der Waals surface area contributed by atoms with Gasteiger partial charge in [0.15, 0.2) is 0 Å². The van der Waals surface area contributed by atoms with Gasteiger partial charge in [-0.1, -0.05) is 6.07 Å². The van der Waals surface area contributed by atoms with Crippen LogP contribution in [-0.2, 0) is 6.54 Å². The van der Waals surface area contributed by atoms with Crippen molar-refractivity contribution in [3.8, 4) is 0 Å². The van der Waals surface area contributed by atoms with Crippen molar-refractivity contribution in [3.05, 3.63) is 58.1 Å². The van der Waals surface area contributed by atoms with E-state index in [4.69, 9.17) is 0 Å². The van der Waals surface area contributed by atoms with Gasteiger partial charge in [-0.2, -0.15) is 0 Å². The Labute approximate surface area is 127 Å². The summed E-state index contributed by atoms with van der Waals surface area (Å²) in [5.41, 5.74) is 2.26. The lowest BCUT2D eigenvalue weighted by molar-refractivity contribution is 0.0743. The molecule has 0 aliphatic heterocycles. The Morgan fingerprint density at radius 3 is 2.75 bits per heavy atom. The summed E-state index contributed by atoms with van der Waals surface area (Å²) in [6.45, 7) is 4.99. The molecule has 0 saturated carbocycles. The van der Waals surface area contributed by atoms with Crippen molar-refractivity contribution in [2.75, 3.05) is 6.54 Å². The molecule has 0 spiro atoms. The largest absolute Gasteiger partial charge is 0.332 e. The standard InChI is InChI=1S/C15H16BrN3O/c1-3-19(10-12-7-4-6-11(2)18-12)15(20)14-13(16)8-5-9-17-14/h4-9H,3,10H2,1-2H3. The molecule has 2 rings (SSSR count). The van der Waals surface area contributed by atoms with E-state index in [-0.39, 0.29) is 5.91 Å². The van der Waals surface area contributed by atoms with Crippen LogP contribution in [0.5, 0.6) is 0 Å². The van der Waals surface area contributed by atoms with Gasteiger partial charge in [0.25, 0.3) is 5.91 Å². The fourth-order valence-corrected chi connectivity index (χ4v) is 2.33. The number of pyridine rings is 2. The summed E-state index contributed by atoms with van der Waals surface area (Å²) in [6, 6.07) is 9.43. The van der Waals surface area contributed by atoms with Crippen LogP contribution in [0.25, 0.3) is 0 Å². The van der Waals surface area contributed by atoms with Crippen LogP contribution in [0.3, 0.4) is 0 Å². The minimum Gasteiger partial charge on any atom is -0.332 e. The lowest BCUT2D eigenvalue weighted by Gasteiger charge is -2.20. The first kappa shape index (κ1) is 14.7. The third kappa shape index (κ3) is 3.42. The van der Waals surface area contributed by atoms with E-state index in [0.717, 1.165) is 11.4 Å². The number of amides is 1. The van der Waals surface area contributed by atoms with Gasteiger partial charge in [0.05, 0.1) is 12.2 Å². The molecule has 104 valence electrons. The Morgan fingerprint density at radius 1 is 1.30 bits per heavy atom. The van der Waals surface area contributed by atoms with Crippen LogP contribution in [-0.4, -0.2) is 27.3 Å². The van der Waals surface area contributed by atoms with Gasteiger partial charge in [-0.25, -0.2) is 4.98 Å². The van der Waals surface area contributed by atoms with Gasteiger partial charge < -0.3 is 4.90 Å². The van der Waals surface area contributed by atoms with Crippen LogP contribution in [0.4, 0.5) is 0 Å². The van der Waals surface area contributed by atoms with Crippen LogP contribution in [0, 0.1) is 6.92 Å². The molecule has 0 bridgehead atoms. The van der Waals surface area contributed by atoms with Crippen LogP contribution in [0.15, 0.2) is 41.0 Å². The molecule has 0 unspecified atom stereocenters. The molecule has 0 aromatic carbocycles. The van der Waals surface area contributed by atoms with E-state index in [2.05, 4.69) is 25.9 Å². The van der Waals surface area contributed by atoms with Crippen molar-refractivity contribution in [2.24, 2.45) is 0 Å². The molecule has 2 heterocycles. The molecule has 4 nitrogen and oxygen atoms in total. The molecule has 1 amide bonds. The molecule has 0 radical (unpaired) electrons. The molecule has 2 aromatic heterocycles. The number of halogens is 1. The summed E-state index contributed by atoms with van der Waals surface area (Å²) in [7, 11) is 0. The van der Waals surface area contributed by atoms with Gasteiger partial charge in [0.1, 0.15) is 5.69 Å². The number of nitrogens with zero attached hydrogens (tertiary/aromatic N) is 3. The van der Waals surface area contributed by atoms with Gasteiger partial charge in [0.2, 0.25) is 0 Å². The number of hydrogen-bond acceptors (Lipinski definition) is 3. The van der Waals surface area contributed by atoms with Crippen LogP contribution < -0.4 is 0 Å². The van der Waals surface area contributed by atoms with Crippen molar-refractivity contribution in [1.29, 1.82) is 0 Å². The van der Waals surface area contributed by atoms with Gasteiger partial charge in [0, 0.05) is 22.9 Å². The van der Waals surface area contributed by atoms with E-state index < -0.39 is 0 Å². The lowest BCUT2D eigenvalue weighted by atomic mass is 10.2. The highest BCUT2D eigenvalue weighted by atomic mass is 79.9. The van der Waals surface area contributed by atoms with Crippen LogP contribution in [0.2, 0.25) is 0 Å². The molecule has 0 fully saturated rings. The topological polar surface area (TPSA) is 46.1 Å². The minimum absolute atomic E-state index is 0.0942. The molecule has 0 saturated heterocycles. The predicted octanol–water partition coefficient (Wildman–Crippen LogP) is 3.21. The zero-order chi connectivity index (χ0) is 14.5. The van der Waals surface area contributed by atoms with Crippen LogP contribution in [0.1, 0.15) is 28.8 Å². The Morgan fingerprint density at radius 2 is 2.10 bits per heavy atom. The Balaban J connectivity index is 2.20. The highest BCUT2D eigenvalue weighted by Gasteiger charge is 2.18. The van der Waals surface area contributed by atoms with Crippen molar-refractivity contribution in [1.82, 2.24) is 14.9 Å². The lowest BCUT2D eigenvalue weighted by Crippen LogP contribution is -2.31. The second-order valence-electron chi connectivity index (χ2n) is 4.42. The SMILES string of the molecule is CCN(Cc1cccc(C)n1)C(=O)c1ncccc1Br. The van der Waals surface area contributed by atoms with Crippen molar-refractivity contribution >= 4 is 21.8 Å². The van der Waals surface area contributed by atoms with Crippen molar-refractivity contribution in [2.45, 2.75) is 20.4 Å². The molecule has 0 atom stereocenters. The Bertz CT molecular complexity index is 616. The Kier molecular flexibility index (Phi) is 4.84. The van der Waals surface area contributed by atoms with E-state index in [0.29, 0.717) is 23.3 Å². The van der Waals surface area contributed by atoms with Gasteiger partial charge in [-0.05, 0) is 54.0 Å². The Hall–Kier alpha value is -1.75. The average Bonchev–Trinajstić information content (AvgIpc) is 2.44. The first-order valence-corrected chi connectivity index (χ1v) is 7.23. The van der Waals surface area contributed by atoms with Crippen LogP contribution >= 0.6 is 15.9 Å². The molecule has 0 aliphatic carbocycles. The average molecular weight is 334 g/mol. The third-order valence-electron chi connectivity index (χ3n) is 2.93. The summed E-state index contributed by atoms with van der Waals surface area (Å²) in [6.07, 6.45) is 1.62. The van der Waals surface area contributed by atoms with Gasteiger partial charge >= 0.3 is 0 Å². The van der Waals surface area contributed by atoms with Gasteiger partial charge in [-0.3, -0.25) is 9.78 Å². The van der Waals surface area contributed by atoms with Gasteiger partial charge in [-0.15, -0.1) is 0 Å². The number of carbonyl (C=O) groups is 1. The van der Waals surface area contributed by atoms with E-state index >= 15 is 0 Å². The molecule has 20 heavy (non-hydrogen) atoms. The van der Waals surface area contributed by atoms with E-state index in [1.807, 2.05) is 38.1 Å². The third-order valence-corrected chi connectivity index (χ3v) is 3.57. The highest BCUT2D eigenvalue weighted by molar-refractivity contribution is 9.10. The summed E-state index contributed by atoms with van der Waals surface area (Å²) in [5.74, 6) is -0.0942. The maximum Gasteiger partial charge on any atom is 0.273 e. The van der Waals surface area contributed by atoms with Crippen molar-refractivity contribution in [3.63, 3.8) is 0 Å². The second-order valence-corrected chi connectivity index (χ2v) is 5.28. The number of hydrogen-bond donors (Lipinski definition) is 0. The smallest absolute Gasteiger partial charge is 0.273 e. The predicted molar refractivity (Wildman–Crippen MR) is 81.3 cm³/mol. The number of carbonyl (C=O) groups excluding carboxylic acids is 1. The highest BCUT2D eigenvalue weighted by Crippen LogP contribution is 2.16. The first-order valence-electron chi connectivity index (χ1n) is 6.44. The molecule has 0 N–H and O–H groups in total. The minimum atomic E-state index is -0.0942. The summed E-state index contributed by atoms with van der Waals surface area (Å²) < 4.78 is 0.709. The van der Waals surface area contributed by atoms with E-state index in [1.54, 1.807) is 17.2 Å². The molecular weight excluding hydrogens is 318 g/mol. The first-order chi connectivity index (χ1) is 9.61. The monoisotopic (exact) mass is 333 g/mol. The molecular formula is C15H16BrN3O. The van der Waals surface area contributed by atoms with E-state index in [1.165, 1.54) is 0 Å². The molecule has 0 aliphatic rings.